The summed E-state index contributed by atoms with van der Waals surface area (Å²) >= 11 is 0. The van der Waals surface area contributed by atoms with Crippen molar-refractivity contribution in [2.75, 3.05) is 0 Å². The van der Waals surface area contributed by atoms with E-state index in [2.05, 4.69) is 5.92 Å². The summed E-state index contributed by atoms with van der Waals surface area (Å²) in [5.41, 5.74) is -0.479. The SMILES string of the molecule is C#CCn1c(C(=O)O)cc2c(C#N)cccc2c1=O. The van der Waals surface area contributed by atoms with E-state index in [-0.39, 0.29) is 23.2 Å². The molecule has 0 aliphatic carbocycles. The average Bonchev–Trinajstić information content (AvgIpc) is 2.41. The zero-order chi connectivity index (χ0) is 14.0. The highest BCUT2D eigenvalue weighted by Gasteiger charge is 2.15. The first-order valence-corrected chi connectivity index (χ1v) is 5.33. The maximum absolute atomic E-state index is 12.2. The molecule has 5 heteroatoms. The van der Waals surface area contributed by atoms with Gasteiger partial charge in [0.2, 0.25) is 0 Å². The summed E-state index contributed by atoms with van der Waals surface area (Å²) < 4.78 is 1.01. The number of hydrogen-bond donors (Lipinski definition) is 1. The summed E-state index contributed by atoms with van der Waals surface area (Å²) in [6.07, 6.45) is 5.14. The highest BCUT2D eigenvalue weighted by atomic mass is 16.4. The number of benzene rings is 1. The van der Waals surface area contributed by atoms with Crippen molar-refractivity contribution in [3.63, 3.8) is 0 Å². The summed E-state index contributed by atoms with van der Waals surface area (Å²) in [7, 11) is 0. The van der Waals surface area contributed by atoms with Gasteiger partial charge in [0.1, 0.15) is 5.69 Å². The molecule has 0 saturated heterocycles. The molecule has 2 aromatic rings. The lowest BCUT2D eigenvalue weighted by atomic mass is 10.1. The highest BCUT2D eigenvalue weighted by Crippen LogP contribution is 2.17. The third kappa shape index (κ3) is 1.94. The molecule has 0 spiro atoms. The second-order valence-electron chi connectivity index (χ2n) is 3.81. The van der Waals surface area contributed by atoms with Crippen LogP contribution in [0.25, 0.3) is 10.8 Å². The molecule has 0 amide bonds. The fourth-order valence-electron chi connectivity index (χ4n) is 1.90. The van der Waals surface area contributed by atoms with Gasteiger partial charge in [-0.15, -0.1) is 6.42 Å². The molecule has 0 aliphatic heterocycles. The molecular weight excluding hydrogens is 244 g/mol. The number of pyridine rings is 1. The lowest BCUT2D eigenvalue weighted by Crippen LogP contribution is -2.26. The summed E-state index contributed by atoms with van der Waals surface area (Å²) in [5.74, 6) is 0.986. The first-order valence-electron chi connectivity index (χ1n) is 5.33. The molecule has 1 heterocycles. The Morgan fingerprint density at radius 3 is 2.74 bits per heavy atom. The molecule has 0 bridgehead atoms. The topological polar surface area (TPSA) is 83.1 Å². The van der Waals surface area contributed by atoms with E-state index >= 15 is 0 Å². The van der Waals surface area contributed by atoms with Crippen LogP contribution in [0.3, 0.4) is 0 Å². The molecular formula is C14H8N2O3. The number of carbonyl (C=O) groups is 1. The lowest BCUT2D eigenvalue weighted by molar-refractivity contribution is 0.0684. The quantitative estimate of drug-likeness (QED) is 0.814. The van der Waals surface area contributed by atoms with Crippen molar-refractivity contribution in [3.05, 3.63) is 45.9 Å². The van der Waals surface area contributed by atoms with Crippen LogP contribution in [0.5, 0.6) is 0 Å². The largest absolute Gasteiger partial charge is 0.477 e. The number of nitrogens with zero attached hydrogens (tertiary/aromatic N) is 2. The van der Waals surface area contributed by atoms with E-state index in [1.165, 1.54) is 18.2 Å². The summed E-state index contributed by atoms with van der Waals surface area (Å²) in [6.45, 7) is -0.132. The minimum absolute atomic E-state index is 0.132. The van der Waals surface area contributed by atoms with E-state index in [4.69, 9.17) is 16.8 Å². The van der Waals surface area contributed by atoms with Gasteiger partial charge in [-0.3, -0.25) is 9.36 Å². The second kappa shape index (κ2) is 4.67. The van der Waals surface area contributed by atoms with Crippen molar-refractivity contribution < 1.29 is 9.90 Å². The van der Waals surface area contributed by atoms with Crippen LogP contribution in [0.15, 0.2) is 29.1 Å². The molecule has 19 heavy (non-hydrogen) atoms. The van der Waals surface area contributed by atoms with Gasteiger partial charge in [-0.05, 0) is 18.2 Å². The van der Waals surface area contributed by atoms with Crippen LogP contribution in [0.4, 0.5) is 0 Å². The Morgan fingerprint density at radius 1 is 1.42 bits per heavy atom. The van der Waals surface area contributed by atoms with Gasteiger partial charge < -0.3 is 5.11 Å². The highest BCUT2D eigenvalue weighted by molar-refractivity contribution is 5.94. The number of rotatable bonds is 2. The predicted molar refractivity (Wildman–Crippen MR) is 68.7 cm³/mol. The summed E-state index contributed by atoms with van der Waals surface area (Å²) in [5, 5.41) is 18.7. The van der Waals surface area contributed by atoms with E-state index in [0.717, 1.165) is 4.57 Å². The van der Waals surface area contributed by atoms with Gasteiger partial charge in [-0.2, -0.15) is 5.26 Å². The smallest absolute Gasteiger partial charge is 0.352 e. The first-order chi connectivity index (χ1) is 9.10. The molecule has 0 aliphatic rings. The van der Waals surface area contributed by atoms with E-state index < -0.39 is 11.5 Å². The minimum atomic E-state index is -1.26. The molecule has 92 valence electrons. The van der Waals surface area contributed by atoms with Gasteiger partial charge in [-0.25, -0.2) is 4.79 Å². The van der Waals surface area contributed by atoms with Gasteiger partial charge >= 0.3 is 5.97 Å². The molecule has 0 radical (unpaired) electrons. The Hall–Kier alpha value is -3.05. The number of carboxylic acids is 1. The Labute approximate surface area is 108 Å². The molecule has 1 N–H and O–H groups in total. The van der Waals surface area contributed by atoms with Crippen LogP contribution >= 0.6 is 0 Å². The number of carboxylic acid groups (broad SMARTS) is 1. The lowest BCUT2D eigenvalue weighted by Gasteiger charge is -2.09. The number of fused-ring (bicyclic) bond motifs is 1. The molecule has 5 nitrogen and oxygen atoms in total. The molecule has 0 atom stereocenters. The van der Waals surface area contributed by atoms with Crippen molar-refractivity contribution in [1.82, 2.24) is 4.57 Å². The Bertz CT molecular complexity index is 819. The van der Waals surface area contributed by atoms with Crippen LogP contribution in [0.1, 0.15) is 16.1 Å². The number of aromatic carboxylic acids is 1. The Balaban J connectivity index is 2.99. The number of aromatic nitrogens is 1. The van der Waals surface area contributed by atoms with Gasteiger partial charge in [0.05, 0.1) is 18.2 Å². The normalized spacial score (nSPS) is 9.79. The number of hydrogen-bond acceptors (Lipinski definition) is 3. The van der Waals surface area contributed by atoms with Gasteiger partial charge in [0.15, 0.2) is 0 Å². The van der Waals surface area contributed by atoms with Crippen molar-refractivity contribution in [1.29, 1.82) is 5.26 Å². The standard InChI is InChI=1S/C14H8N2O3/c1-2-6-16-12(14(18)19)7-11-9(8-15)4-3-5-10(11)13(16)17/h1,3-5,7H,6H2,(H,18,19). The van der Waals surface area contributed by atoms with E-state index in [1.807, 2.05) is 6.07 Å². The second-order valence-corrected chi connectivity index (χ2v) is 3.81. The van der Waals surface area contributed by atoms with E-state index in [0.29, 0.717) is 5.39 Å². The van der Waals surface area contributed by atoms with Crippen LogP contribution in [-0.4, -0.2) is 15.6 Å². The summed E-state index contributed by atoms with van der Waals surface area (Å²) in [6, 6.07) is 7.87. The number of terminal acetylenes is 1. The third-order valence-electron chi connectivity index (χ3n) is 2.74. The van der Waals surface area contributed by atoms with Crippen LogP contribution in [0, 0.1) is 23.7 Å². The maximum Gasteiger partial charge on any atom is 0.352 e. The minimum Gasteiger partial charge on any atom is -0.477 e. The van der Waals surface area contributed by atoms with Gasteiger partial charge in [0, 0.05) is 10.8 Å². The fourth-order valence-corrected chi connectivity index (χ4v) is 1.90. The molecule has 0 saturated carbocycles. The average molecular weight is 252 g/mol. The monoisotopic (exact) mass is 252 g/mol. The van der Waals surface area contributed by atoms with E-state index in [1.54, 1.807) is 6.07 Å². The zero-order valence-corrected chi connectivity index (χ0v) is 9.75. The van der Waals surface area contributed by atoms with Crippen molar-refractivity contribution in [3.8, 4) is 18.4 Å². The Morgan fingerprint density at radius 2 is 2.16 bits per heavy atom. The molecule has 0 unspecified atom stereocenters. The summed E-state index contributed by atoms with van der Waals surface area (Å²) in [4.78, 5) is 23.4. The molecule has 1 aromatic carbocycles. The van der Waals surface area contributed by atoms with Crippen LogP contribution in [0.2, 0.25) is 0 Å². The maximum atomic E-state index is 12.2. The molecule has 2 rings (SSSR count). The predicted octanol–water partition coefficient (Wildman–Crippen LogP) is 1.20. The van der Waals surface area contributed by atoms with Crippen molar-refractivity contribution in [2.24, 2.45) is 0 Å². The van der Waals surface area contributed by atoms with Crippen molar-refractivity contribution >= 4 is 16.7 Å². The fraction of sp³-hybridized carbons (Fsp3) is 0.0714. The Kier molecular flexibility index (Phi) is 3.05. The molecule has 1 aromatic heterocycles. The molecule has 0 fully saturated rings. The van der Waals surface area contributed by atoms with Crippen LogP contribution in [-0.2, 0) is 6.54 Å². The zero-order valence-electron chi connectivity index (χ0n) is 9.75. The first kappa shape index (κ1) is 12.4. The van der Waals surface area contributed by atoms with Crippen molar-refractivity contribution in [2.45, 2.75) is 6.54 Å². The third-order valence-corrected chi connectivity index (χ3v) is 2.74. The van der Waals surface area contributed by atoms with Gasteiger partial charge in [0.25, 0.3) is 5.56 Å². The van der Waals surface area contributed by atoms with E-state index in [9.17, 15) is 9.59 Å². The van der Waals surface area contributed by atoms with Crippen LogP contribution < -0.4 is 5.56 Å². The number of nitriles is 1. The van der Waals surface area contributed by atoms with Gasteiger partial charge in [-0.1, -0.05) is 12.0 Å².